The van der Waals surface area contributed by atoms with Crippen LogP contribution in [0.3, 0.4) is 0 Å². The van der Waals surface area contributed by atoms with E-state index in [1.54, 1.807) is 6.92 Å². The minimum absolute atomic E-state index is 0.358. The second kappa shape index (κ2) is 10.0. The molecule has 0 spiro atoms. The molecule has 0 aromatic heterocycles. The molecule has 136 valence electrons. The lowest BCUT2D eigenvalue weighted by atomic mass is 9.81. The molecule has 4 nitrogen and oxygen atoms in total. The Kier molecular flexibility index (Phi) is 7.71. The summed E-state index contributed by atoms with van der Waals surface area (Å²) in [5.74, 6) is -0.421. The Balaban J connectivity index is 2.42. The van der Waals surface area contributed by atoms with Gasteiger partial charge in [-0.25, -0.2) is 4.79 Å². The van der Waals surface area contributed by atoms with Crippen molar-refractivity contribution in [2.75, 3.05) is 6.61 Å². The van der Waals surface area contributed by atoms with Crippen LogP contribution in [0.2, 0.25) is 0 Å². The third-order valence-electron chi connectivity index (χ3n) is 4.18. The first-order chi connectivity index (χ1) is 12.6. The maximum Gasteiger partial charge on any atom is 0.494 e. The van der Waals surface area contributed by atoms with Crippen LogP contribution in [0.15, 0.2) is 72.8 Å². The number of rotatable bonds is 10. The fourth-order valence-corrected chi connectivity index (χ4v) is 3.10. The molecule has 2 aromatic rings. The van der Waals surface area contributed by atoms with Crippen molar-refractivity contribution in [3.63, 3.8) is 0 Å². The van der Waals surface area contributed by atoms with E-state index in [0.29, 0.717) is 18.6 Å². The van der Waals surface area contributed by atoms with Crippen molar-refractivity contribution >= 4 is 14.7 Å². The van der Waals surface area contributed by atoms with Gasteiger partial charge in [-0.3, -0.25) is 0 Å². The van der Waals surface area contributed by atoms with Gasteiger partial charge in [-0.15, -0.1) is 4.52 Å². The van der Waals surface area contributed by atoms with E-state index in [0.717, 1.165) is 24.0 Å². The molecule has 0 radical (unpaired) electrons. The maximum absolute atomic E-state index is 12.5. The summed E-state index contributed by atoms with van der Waals surface area (Å²) in [5.41, 5.74) is 1.27. The Labute approximate surface area is 156 Å². The second-order valence-electron chi connectivity index (χ2n) is 6.12. The van der Waals surface area contributed by atoms with Gasteiger partial charge < -0.3 is 4.74 Å². The van der Waals surface area contributed by atoms with E-state index in [-0.39, 0.29) is 0 Å². The van der Waals surface area contributed by atoms with Crippen LogP contribution in [0.25, 0.3) is 0 Å². The molecule has 0 amide bonds. The van der Waals surface area contributed by atoms with Crippen molar-refractivity contribution in [2.24, 2.45) is 0 Å². The Bertz CT molecular complexity index is 689. The highest BCUT2D eigenvalue weighted by Crippen LogP contribution is 2.39. The molecule has 1 atom stereocenters. The smallest absolute Gasteiger partial charge is 0.446 e. The molecule has 0 bridgehead atoms. The first-order valence-corrected chi connectivity index (χ1v) is 9.40. The summed E-state index contributed by atoms with van der Waals surface area (Å²) < 4.78 is 21.4. The first kappa shape index (κ1) is 20.0. The van der Waals surface area contributed by atoms with E-state index in [9.17, 15) is 9.36 Å². The lowest BCUT2D eigenvalue weighted by molar-refractivity contribution is -0.152. The highest BCUT2D eigenvalue weighted by atomic mass is 31.1. The fourth-order valence-electron chi connectivity index (χ4n) is 2.87. The molecular formula is C21H24O4P+. The Morgan fingerprint density at radius 1 is 1.00 bits per heavy atom. The molecule has 0 saturated heterocycles. The summed E-state index contributed by atoms with van der Waals surface area (Å²) in [6, 6.07) is 19.5. The molecule has 0 heterocycles. The van der Waals surface area contributed by atoms with E-state index in [2.05, 4.69) is 6.58 Å². The van der Waals surface area contributed by atoms with Crippen LogP contribution in [0.1, 0.15) is 37.3 Å². The van der Waals surface area contributed by atoms with Gasteiger partial charge >= 0.3 is 14.7 Å². The van der Waals surface area contributed by atoms with Crippen LogP contribution in [0.5, 0.6) is 0 Å². The molecule has 1 unspecified atom stereocenters. The fraction of sp³-hybridized carbons (Fsp3) is 0.286. The minimum atomic E-state index is -0.904. The molecule has 0 aliphatic rings. The minimum Gasteiger partial charge on any atom is -0.446 e. The zero-order valence-electron chi connectivity index (χ0n) is 14.9. The molecule has 0 aliphatic carbocycles. The monoisotopic (exact) mass is 371 g/mol. The number of benzene rings is 2. The molecule has 0 fully saturated rings. The second-order valence-corrected chi connectivity index (χ2v) is 6.57. The number of carbonyl (C=O) groups excluding carboxylic acids is 1. The van der Waals surface area contributed by atoms with Crippen LogP contribution in [-0.2, 0) is 24.2 Å². The van der Waals surface area contributed by atoms with Crippen LogP contribution in [0.4, 0.5) is 0 Å². The van der Waals surface area contributed by atoms with E-state index in [1.165, 1.54) is 0 Å². The Hall–Kier alpha value is -2.29. The Morgan fingerprint density at radius 2 is 1.54 bits per heavy atom. The molecule has 26 heavy (non-hydrogen) atoms. The first-order valence-electron chi connectivity index (χ1n) is 8.59. The van der Waals surface area contributed by atoms with Crippen LogP contribution in [-0.4, -0.2) is 12.6 Å². The van der Waals surface area contributed by atoms with Crippen molar-refractivity contribution in [3.8, 4) is 0 Å². The van der Waals surface area contributed by atoms with Gasteiger partial charge in [-0.1, -0.05) is 67.2 Å². The molecule has 2 aromatic carbocycles. The molecule has 0 saturated carbocycles. The summed E-state index contributed by atoms with van der Waals surface area (Å²) in [7, 11) is -0.753. The quantitative estimate of drug-likeness (QED) is 0.250. The highest BCUT2D eigenvalue weighted by molar-refractivity contribution is 7.17. The third kappa shape index (κ3) is 5.10. The summed E-state index contributed by atoms with van der Waals surface area (Å²) in [4.78, 5) is 12.5. The number of ether oxygens (including phenoxy) is 1. The molecular weight excluding hydrogens is 347 g/mol. The Morgan fingerprint density at radius 3 is 2.00 bits per heavy atom. The van der Waals surface area contributed by atoms with Gasteiger partial charge in [0.1, 0.15) is 6.61 Å². The normalized spacial score (nSPS) is 11.3. The maximum atomic E-state index is 12.5. The van der Waals surface area contributed by atoms with Gasteiger partial charge in [0.05, 0.1) is 0 Å². The number of carbonyl (C=O) groups is 1. The van der Waals surface area contributed by atoms with Gasteiger partial charge in [0.25, 0.3) is 0 Å². The van der Waals surface area contributed by atoms with E-state index in [4.69, 9.17) is 9.26 Å². The number of hydrogen-bond donors (Lipinski definition) is 0. The molecule has 0 aliphatic heterocycles. The van der Waals surface area contributed by atoms with Crippen molar-refractivity contribution in [3.05, 3.63) is 83.9 Å². The van der Waals surface area contributed by atoms with Gasteiger partial charge in [0, 0.05) is 16.7 Å². The standard InChI is InChI=1S/C21H24O4P/c1-17(2)20(22)25-21(15-9-10-16-24-26-23,18-11-5-3-6-12-18)19-13-7-4-8-14-19/h3-8,11-14,26H,1,9-10,15-16H2,2H3/q+1. The van der Waals surface area contributed by atoms with Gasteiger partial charge in [-0.2, -0.15) is 0 Å². The predicted molar refractivity (Wildman–Crippen MR) is 103 cm³/mol. The van der Waals surface area contributed by atoms with E-state index >= 15 is 0 Å². The van der Waals surface area contributed by atoms with Crippen LogP contribution >= 0.6 is 8.69 Å². The molecule has 5 heteroatoms. The highest BCUT2D eigenvalue weighted by Gasteiger charge is 2.38. The van der Waals surface area contributed by atoms with E-state index < -0.39 is 20.3 Å². The lowest BCUT2D eigenvalue weighted by Gasteiger charge is -2.35. The van der Waals surface area contributed by atoms with Crippen molar-refractivity contribution < 1.29 is 18.6 Å². The number of esters is 1. The van der Waals surface area contributed by atoms with Gasteiger partial charge in [-0.05, 0) is 30.8 Å². The van der Waals surface area contributed by atoms with Gasteiger partial charge in [0.15, 0.2) is 5.60 Å². The zero-order valence-corrected chi connectivity index (χ0v) is 15.9. The average Bonchev–Trinajstić information content (AvgIpc) is 2.68. The van der Waals surface area contributed by atoms with Crippen molar-refractivity contribution in [1.82, 2.24) is 0 Å². The predicted octanol–water partition coefficient (Wildman–Crippen LogP) is 5.18. The lowest BCUT2D eigenvalue weighted by Crippen LogP contribution is -2.34. The SMILES string of the molecule is C=C(C)C(=O)OC(CCCCO[PH+]=O)(c1ccccc1)c1ccccc1. The van der Waals surface area contributed by atoms with Crippen LogP contribution < -0.4 is 0 Å². The number of hydrogen-bond acceptors (Lipinski definition) is 4. The summed E-state index contributed by atoms with van der Waals surface area (Å²) in [6.07, 6.45) is 2.06. The average molecular weight is 371 g/mol. The van der Waals surface area contributed by atoms with Crippen LogP contribution in [0, 0.1) is 0 Å². The topological polar surface area (TPSA) is 52.6 Å². The van der Waals surface area contributed by atoms with E-state index in [1.807, 2.05) is 60.7 Å². The zero-order chi connectivity index (χ0) is 18.8. The third-order valence-corrected chi connectivity index (χ3v) is 4.50. The summed E-state index contributed by atoms with van der Waals surface area (Å²) in [5, 5.41) is 0. The summed E-state index contributed by atoms with van der Waals surface area (Å²) in [6.45, 7) is 5.78. The van der Waals surface area contributed by atoms with Crippen molar-refractivity contribution in [2.45, 2.75) is 31.8 Å². The molecule has 2 rings (SSSR count). The van der Waals surface area contributed by atoms with Gasteiger partial charge in [0.2, 0.25) is 0 Å². The van der Waals surface area contributed by atoms with Crippen molar-refractivity contribution in [1.29, 1.82) is 0 Å². The molecule has 0 N–H and O–H groups in total. The summed E-state index contributed by atoms with van der Waals surface area (Å²) >= 11 is 0. The largest absolute Gasteiger partial charge is 0.494 e. The number of unbranched alkanes of at least 4 members (excludes halogenated alkanes) is 1.